The summed E-state index contributed by atoms with van der Waals surface area (Å²) in [7, 11) is 0. The summed E-state index contributed by atoms with van der Waals surface area (Å²) in [6.07, 6.45) is 0. The molecule has 0 aliphatic carbocycles. The van der Waals surface area contributed by atoms with Gasteiger partial charge in [0.15, 0.2) is 5.69 Å². The van der Waals surface area contributed by atoms with Crippen molar-refractivity contribution in [3.8, 4) is 34.3 Å². The molecular weight excluding hydrogens is 671 g/mol. The lowest BCUT2D eigenvalue weighted by molar-refractivity contribution is 1.15. The Morgan fingerprint density at radius 2 is 0.982 bits per heavy atom. The van der Waals surface area contributed by atoms with Gasteiger partial charge in [-0.1, -0.05) is 103 Å². The summed E-state index contributed by atoms with van der Waals surface area (Å²) in [6.45, 7) is 7.92. The van der Waals surface area contributed by atoms with E-state index in [1.54, 1.807) is 0 Å². The van der Waals surface area contributed by atoms with Gasteiger partial charge in [0, 0.05) is 49.4 Å². The molecule has 0 saturated carbocycles. The lowest BCUT2D eigenvalue weighted by Gasteiger charge is -2.17. The molecule has 0 saturated heterocycles. The highest BCUT2D eigenvalue weighted by molar-refractivity contribution is 6.15. The zero-order valence-electron chi connectivity index (χ0n) is 29.5. The molecule has 5 heteroatoms. The van der Waals surface area contributed by atoms with Crippen molar-refractivity contribution in [2.24, 2.45) is 0 Å². The van der Waals surface area contributed by atoms with Crippen LogP contribution in [-0.2, 0) is 0 Å². The van der Waals surface area contributed by atoms with E-state index in [0.717, 1.165) is 82.8 Å². The van der Waals surface area contributed by atoms with Crippen molar-refractivity contribution >= 4 is 71.1 Å². The van der Waals surface area contributed by atoms with E-state index in [1.165, 1.54) is 10.8 Å². The Balaban J connectivity index is 1.18. The molecule has 0 spiro atoms. The van der Waals surface area contributed by atoms with Crippen LogP contribution in [0.2, 0.25) is 0 Å². The molecular formula is C50H29N5. The van der Waals surface area contributed by atoms with Gasteiger partial charge < -0.3 is 13.7 Å². The topological polar surface area (TPSA) is 42.9 Å². The molecule has 3 aromatic heterocycles. The number of hydrogen-bond acceptors (Lipinski definition) is 1. The number of nitriles is 1. The first-order valence-electron chi connectivity index (χ1n) is 18.3. The average Bonchev–Trinajstić information content (AvgIpc) is 3.89. The molecule has 0 aliphatic rings. The third-order valence-electron chi connectivity index (χ3n) is 11.1. The second-order valence-corrected chi connectivity index (χ2v) is 14.0. The summed E-state index contributed by atoms with van der Waals surface area (Å²) >= 11 is 0. The molecule has 0 bridgehead atoms. The van der Waals surface area contributed by atoms with Gasteiger partial charge in [-0.25, -0.2) is 4.85 Å². The maximum Gasteiger partial charge on any atom is 0.197 e. The number of hydrogen-bond donors (Lipinski definition) is 0. The third kappa shape index (κ3) is 4.45. The molecule has 55 heavy (non-hydrogen) atoms. The van der Waals surface area contributed by atoms with Gasteiger partial charge in [0.25, 0.3) is 0 Å². The number of rotatable bonds is 4. The SMILES string of the molecule is [C-]#[N+]c1cccc2c1c1ccccc1n2-c1cccc(-c2cc(C#N)ccc2-n2c3ccccc3c3ccc(-n4c5ccccc5c5ccccc54)cc32)c1. The van der Waals surface area contributed by atoms with Crippen molar-refractivity contribution in [2.45, 2.75) is 0 Å². The van der Waals surface area contributed by atoms with Gasteiger partial charge in [-0.2, -0.15) is 5.26 Å². The Bertz CT molecular complexity index is 3420. The van der Waals surface area contributed by atoms with Crippen LogP contribution in [0.25, 0.3) is 98.5 Å². The van der Waals surface area contributed by atoms with Gasteiger partial charge in [0.05, 0.1) is 51.5 Å². The van der Waals surface area contributed by atoms with E-state index in [0.29, 0.717) is 11.3 Å². The Hall–Kier alpha value is -7.86. The maximum atomic E-state index is 10.2. The third-order valence-corrected chi connectivity index (χ3v) is 11.1. The smallest absolute Gasteiger partial charge is 0.197 e. The van der Waals surface area contributed by atoms with Crippen molar-refractivity contribution in [2.75, 3.05) is 0 Å². The normalized spacial score (nSPS) is 11.6. The number of aromatic nitrogens is 3. The highest BCUT2D eigenvalue weighted by atomic mass is 15.0. The molecule has 11 rings (SSSR count). The minimum atomic E-state index is 0.592. The fourth-order valence-corrected chi connectivity index (χ4v) is 8.77. The van der Waals surface area contributed by atoms with E-state index in [1.807, 2.05) is 36.4 Å². The van der Waals surface area contributed by atoms with E-state index in [9.17, 15) is 5.26 Å². The fraction of sp³-hybridized carbons (Fsp3) is 0. The Morgan fingerprint density at radius 3 is 1.65 bits per heavy atom. The van der Waals surface area contributed by atoms with E-state index in [-0.39, 0.29) is 0 Å². The van der Waals surface area contributed by atoms with Crippen LogP contribution >= 0.6 is 0 Å². The predicted octanol–water partition coefficient (Wildman–Crippen LogP) is 13.1. The highest BCUT2D eigenvalue weighted by Gasteiger charge is 2.20. The van der Waals surface area contributed by atoms with E-state index in [2.05, 4.69) is 164 Å². The largest absolute Gasteiger partial charge is 0.311 e. The van der Waals surface area contributed by atoms with Crippen LogP contribution in [0.3, 0.4) is 0 Å². The monoisotopic (exact) mass is 699 g/mol. The lowest BCUT2D eigenvalue weighted by Crippen LogP contribution is -2.00. The van der Waals surface area contributed by atoms with Crippen LogP contribution in [0.15, 0.2) is 176 Å². The van der Waals surface area contributed by atoms with Crippen molar-refractivity contribution in [1.29, 1.82) is 5.26 Å². The molecule has 0 radical (unpaired) electrons. The summed E-state index contributed by atoms with van der Waals surface area (Å²) in [5.41, 5.74) is 12.7. The first-order valence-corrected chi connectivity index (χ1v) is 18.3. The number of fused-ring (bicyclic) bond motifs is 9. The highest BCUT2D eigenvalue weighted by Crippen LogP contribution is 2.41. The van der Waals surface area contributed by atoms with E-state index >= 15 is 0 Å². The van der Waals surface area contributed by atoms with Crippen LogP contribution in [0.1, 0.15) is 5.56 Å². The van der Waals surface area contributed by atoms with E-state index in [4.69, 9.17) is 6.57 Å². The molecule has 11 aromatic rings. The summed E-state index contributed by atoms with van der Waals surface area (Å²) in [5.74, 6) is 0. The Morgan fingerprint density at radius 1 is 0.436 bits per heavy atom. The zero-order chi connectivity index (χ0) is 36.6. The van der Waals surface area contributed by atoms with Crippen LogP contribution in [0, 0.1) is 17.9 Å². The molecule has 0 atom stereocenters. The summed E-state index contributed by atoms with van der Waals surface area (Å²) < 4.78 is 6.96. The first-order chi connectivity index (χ1) is 27.2. The van der Waals surface area contributed by atoms with Crippen molar-refractivity contribution < 1.29 is 0 Å². The minimum absolute atomic E-state index is 0.592. The van der Waals surface area contributed by atoms with Crippen LogP contribution in [-0.4, -0.2) is 13.7 Å². The van der Waals surface area contributed by atoms with Gasteiger partial charge in [-0.3, -0.25) is 0 Å². The van der Waals surface area contributed by atoms with Gasteiger partial charge in [0.1, 0.15) is 0 Å². The summed E-state index contributed by atoms with van der Waals surface area (Å²) in [6, 6.07) is 63.7. The van der Waals surface area contributed by atoms with Crippen LogP contribution < -0.4 is 0 Å². The zero-order valence-corrected chi connectivity index (χ0v) is 29.5. The van der Waals surface area contributed by atoms with Crippen LogP contribution in [0.5, 0.6) is 0 Å². The maximum absolute atomic E-state index is 10.2. The first kappa shape index (κ1) is 30.7. The molecule has 5 nitrogen and oxygen atoms in total. The minimum Gasteiger partial charge on any atom is -0.311 e. The number of para-hydroxylation sites is 4. The van der Waals surface area contributed by atoms with Gasteiger partial charge in [0.2, 0.25) is 0 Å². The molecule has 3 heterocycles. The molecule has 0 fully saturated rings. The molecule has 0 amide bonds. The van der Waals surface area contributed by atoms with Gasteiger partial charge >= 0.3 is 0 Å². The van der Waals surface area contributed by atoms with Gasteiger partial charge in [-0.15, -0.1) is 0 Å². The molecule has 0 unspecified atom stereocenters. The second-order valence-electron chi connectivity index (χ2n) is 14.0. The second kappa shape index (κ2) is 11.8. The quantitative estimate of drug-likeness (QED) is 0.169. The molecule has 0 N–H and O–H groups in total. The van der Waals surface area contributed by atoms with E-state index < -0.39 is 0 Å². The van der Waals surface area contributed by atoms with Crippen molar-refractivity contribution in [3.05, 3.63) is 193 Å². The molecule has 254 valence electrons. The molecule has 0 aliphatic heterocycles. The Kier molecular flexibility index (Phi) is 6.61. The fourth-order valence-electron chi connectivity index (χ4n) is 8.77. The summed E-state index contributed by atoms with van der Waals surface area (Å²) in [4.78, 5) is 3.88. The number of benzene rings is 8. The summed E-state index contributed by atoms with van der Waals surface area (Å²) in [5, 5.41) is 17.0. The average molecular weight is 700 g/mol. The van der Waals surface area contributed by atoms with Crippen molar-refractivity contribution in [3.63, 3.8) is 0 Å². The van der Waals surface area contributed by atoms with Crippen LogP contribution in [0.4, 0.5) is 5.69 Å². The van der Waals surface area contributed by atoms with Crippen molar-refractivity contribution in [1.82, 2.24) is 13.7 Å². The lowest BCUT2D eigenvalue weighted by atomic mass is 10.00. The molecule has 8 aromatic carbocycles. The number of nitrogens with zero attached hydrogens (tertiary/aromatic N) is 5. The Labute approximate surface area is 316 Å². The van der Waals surface area contributed by atoms with Gasteiger partial charge in [-0.05, 0) is 83.7 Å². The standard InChI is InChI=1S/C50H29N5/c1-52-42-18-11-23-48-50(42)40-17-5-9-22-46(40)54(48)34-13-10-12-33(29-34)41-28-32(31-51)24-27-47(41)55-45-21-8-4-16-38(45)39-26-25-35(30-49(39)55)53-43-19-6-2-14-36(43)37-15-3-7-20-44(37)53/h2-30H. The predicted molar refractivity (Wildman–Crippen MR) is 226 cm³/mol.